The van der Waals surface area contributed by atoms with Gasteiger partial charge in [-0.3, -0.25) is 0 Å². The Morgan fingerprint density at radius 3 is 1.45 bits per heavy atom. The van der Waals surface area contributed by atoms with Crippen LogP contribution in [0.5, 0.6) is 0 Å². The van der Waals surface area contributed by atoms with E-state index in [0.29, 0.717) is 0 Å². The van der Waals surface area contributed by atoms with E-state index in [-0.39, 0.29) is 0 Å². The maximum Gasteiger partial charge on any atom is 0.0979 e. The zero-order chi connectivity index (χ0) is 29.3. The third kappa shape index (κ3) is 4.81. The fourth-order valence-electron chi connectivity index (χ4n) is 5.84. The summed E-state index contributed by atoms with van der Waals surface area (Å²) in [6.45, 7) is 0. The first-order valence-electron chi connectivity index (χ1n) is 14.8. The molecule has 0 atom stereocenters. The number of hydrogen-bond acceptors (Lipinski definition) is 3. The molecule has 8 aromatic rings. The van der Waals surface area contributed by atoms with Gasteiger partial charge in [0, 0.05) is 21.9 Å². The van der Waals surface area contributed by atoms with Gasteiger partial charge in [0.25, 0.3) is 0 Å². The first-order chi connectivity index (χ1) is 21.8. The highest BCUT2D eigenvalue weighted by Gasteiger charge is 2.16. The molecule has 0 aliphatic heterocycles. The quantitative estimate of drug-likeness (QED) is 0.196. The van der Waals surface area contributed by atoms with Gasteiger partial charge in [0.2, 0.25) is 0 Å². The zero-order valence-corrected chi connectivity index (χ0v) is 23.9. The summed E-state index contributed by atoms with van der Waals surface area (Å²) in [7, 11) is 0. The number of fused-ring (bicyclic) bond motifs is 3. The highest BCUT2D eigenvalue weighted by molar-refractivity contribution is 6.09. The van der Waals surface area contributed by atoms with E-state index in [4.69, 9.17) is 15.0 Å². The summed E-state index contributed by atoms with van der Waals surface area (Å²) in [5.74, 6) is 0. The maximum atomic E-state index is 5.34. The first kappa shape index (κ1) is 25.8. The lowest BCUT2D eigenvalue weighted by atomic mass is 9.96. The molecule has 5 aromatic carbocycles. The predicted molar refractivity (Wildman–Crippen MR) is 182 cm³/mol. The van der Waals surface area contributed by atoms with Crippen LogP contribution in [0, 0.1) is 0 Å². The minimum Gasteiger partial charge on any atom is -0.246 e. The molecule has 0 unspecified atom stereocenters. The Labute approximate surface area is 256 Å². The maximum absolute atomic E-state index is 5.34. The third-order valence-corrected chi connectivity index (χ3v) is 8.06. The van der Waals surface area contributed by atoms with Gasteiger partial charge in [-0.1, -0.05) is 140 Å². The summed E-state index contributed by atoms with van der Waals surface area (Å²) in [6, 6.07) is 56.7. The average Bonchev–Trinajstić information content (AvgIpc) is 3.12. The Kier molecular flexibility index (Phi) is 6.47. The van der Waals surface area contributed by atoms with Gasteiger partial charge < -0.3 is 0 Å². The van der Waals surface area contributed by atoms with Crippen LogP contribution >= 0.6 is 0 Å². The van der Waals surface area contributed by atoms with Gasteiger partial charge >= 0.3 is 0 Å². The summed E-state index contributed by atoms with van der Waals surface area (Å²) in [4.78, 5) is 15.7. The fourth-order valence-corrected chi connectivity index (χ4v) is 5.84. The van der Waals surface area contributed by atoms with E-state index < -0.39 is 0 Å². The number of benzene rings is 5. The van der Waals surface area contributed by atoms with E-state index in [1.807, 2.05) is 36.4 Å². The molecule has 0 fully saturated rings. The van der Waals surface area contributed by atoms with Crippen LogP contribution in [-0.2, 0) is 0 Å². The lowest BCUT2D eigenvalue weighted by Crippen LogP contribution is -1.96. The van der Waals surface area contributed by atoms with Crippen LogP contribution in [0.1, 0.15) is 0 Å². The molecule has 0 saturated heterocycles. The molecule has 0 saturated carbocycles. The van der Waals surface area contributed by atoms with Crippen LogP contribution in [0.4, 0.5) is 0 Å². The van der Waals surface area contributed by atoms with Crippen LogP contribution in [-0.4, -0.2) is 15.0 Å². The number of rotatable bonds is 5. The molecule has 206 valence electrons. The average molecular weight is 562 g/mol. The highest BCUT2D eigenvalue weighted by atomic mass is 14.8. The first-order valence-corrected chi connectivity index (χ1v) is 14.8. The Hall–Kier alpha value is -5.93. The van der Waals surface area contributed by atoms with E-state index in [0.717, 1.165) is 78.0 Å². The van der Waals surface area contributed by atoms with Gasteiger partial charge in [0.05, 0.1) is 33.8 Å². The monoisotopic (exact) mass is 561 g/mol. The number of pyridine rings is 3. The standard InChI is InChI=1S/C41H27N3/c1-5-13-28(14-6-1)33-25-37(31-19-11-4-12-20-31)42-38(26-33)39-27-35(29-15-7-2-8-16-29)34-23-21-32-22-24-36(30-17-9-3-10-18-30)43-40(32)41(34)44-39/h1-27H. The van der Waals surface area contributed by atoms with Gasteiger partial charge in [0.1, 0.15) is 0 Å². The van der Waals surface area contributed by atoms with Crippen molar-refractivity contribution in [3.8, 4) is 56.2 Å². The number of nitrogens with zero attached hydrogens (tertiary/aromatic N) is 3. The van der Waals surface area contributed by atoms with Crippen molar-refractivity contribution in [1.29, 1.82) is 0 Å². The summed E-state index contributed by atoms with van der Waals surface area (Å²) in [5.41, 5.74) is 11.8. The molecular weight excluding hydrogens is 534 g/mol. The van der Waals surface area contributed by atoms with Crippen molar-refractivity contribution in [2.45, 2.75) is 0 Å². The minimum absolute atomic E-state index is 0.811. The molecule has 3 heterocycles. The van der Waals surface area contributed by atoms with E-state index in [9.17, 15) is 0 Å². The molecule has 0 radical (unpaired) electrons. The molecule has 0 spiro atoms. The van der Waals surface area contributed by atoms with Crippen LogP contribution in [0.15, 0.2) is 164 Å². The zero-order valence-electron chi connectivity index (χ0n) is 23.9. The summed E-state index contributed by atoms with van der Waals surface area (Å²) in [6.07, 6.45) is 0. The third-order valence-electron chi connectivity index (χ3n) is 8.06. The summed E-state index contributed by atoms with van der Waals surface area (Å²) < 4.78 is 0. The molecule has 0 bridgehead atoms. The van der Waals surface area contributed by atoms with Crippen molar-refractivity contribution in [3.05, 3.63) is 164 Å². The smallest absolute Gasteiger partial charge is 0.0979 e. The van der Waals surface area contributed by atoms with Gasteiger partial charge in [-0.25, -0.2) is 15.0 Å². The van der Waals surface area contributed by atoms with E-state index in [1.54, 1.807) is 0 Å². The molecule has 0 N–H and O–H groups in total. The van der Waals surface area contributed by atoms with Gasteiger partial charge in [-0.05, 0) is 46.5 Å². The Morgan fingerprint density at radius 1 is 0.295 bits per heavy atom. The predicted octanol–water partition coefficient (Wildman–Crippen LogP) is 10.5. The Morgan fingerprint density at radius 2 is 0.795 bits per heavy atom. The second kappa shape index (κ2) is 11.0. The lowest BCUT2D eigenvalue weighted by molar-refractivity contribution is 1.27. The summed E-state index contributed by atoms with van der Waals surface area (Å²) >= 11 is 0. The van der Waals surface area contributed by atoms with Crippen LogP contribution < -0.4 is 0 Å². The van der Waals surface area contributed by atoms with Crippen LogP contribution in [0.25, 0.3) is 78.0 Å². The second-order valence-corrected chi connectivity index (χ2v) is 10.9. The van der Waals surface area contributed by atoms with Crippen molar-refractivity contribution in [2.75, 3.05) is 0 Å². The molecule has 0 amide bonds. The SMILES string of the molecule is c1ccc(-c2cc(-c3ccccc3)nc(-c3cc(-c4ccccc4)c4ccc5ccc(-c6ccccc6)nc5c4n3)c2)cc1. The molecule has 0 aliphatic rings. The van der Waals surface area contributed by atoms with E-state index >= 15 is 0 Å². The van der Waals surface area contributed by atoms with Crippen LogP contribution in [0.3, 0.4) is 0 Å². The van der Waals surface area contributed by atoms with Crippen molar-refractivity contribution < 1.29 is 0 Å². The molecule has 8 rings (SSSR count). The topological polar surface area (TPSA) is 38.7 Å². The molecule has 3 aromatic heterocycles. The van der Waals surface area contributed by atoms with E-state index in [1.165, 1.54) is 0 Å². The van der Waals surface area contributed by atoms with Gasteiger partial charge in [0.15, 0.2) is 0 Å². The number of hydrogen-bond donors (Lipinski definition) is 0. The molecule has 44 heavy (non-hydrogen) atoms. The fraction of sp³-hybridized carbons (Fsp3) is 0. The minimum atomic E-state index is 0.811. The largest absolute Gasteiger partial charge is 0.246 e. The van der Waals surface area contributed by atoms with Crippen molar-refractivity contribution >= 4 is 21.8 Å². The normalized spacial score (nSPS) is 11.2. The van der Waals surface area contributed by atoms with Crippen LogP contribution in [0.2, 0.25) is 0 Å². The summed E-state index contributed by atoms with van der Waals surface area (Å²) in [5, 5.41) is 2.12. The van der Waals surface area contributed by atoms with E-state index in [2.05, 4.69) is 127 Å². The van der Waals surface area contributed by atoms with Crippen molar-refractivity contribution in [1.82, 2.24) is 15.0 Å². The highest BCUT2D eigenvalue weighted by Crippen LogP contribution is 2.37. The number of aromatic nitrogens is 3. The molecule has 3 heteroatoms. The van der Waals surface area contributed by atoms with Crippen molar-refractivity contribution in [3.63, 3.8) is 0 Å². The lowest BCUT2D eigenvalue weighted by Gasteiger charge is -2.14. The van der Waals surface area contributed by atoms with Gasteiger partial charge in [-0.15, -0.1) is 0 Å². The van der Waals surface area contributed by atoms with Gasteiger partial charge in [-0.2, -0.15) is 0 Å². The molecule has 0 aliphatic carbocycles. The molecule has 3 nitrogen and oxygen atoms in total. The second-order valence-electron chi connectivity index (χ2n) is 10.9. The molecular formula is C41H27N3. The Balaban J connectivity index is 1.42. The van der Waals surface area contributed by atoms with Crippen molar-refractivity contribution in [2.24, 2.45) is 0 Å². The Bertz CT molecular complexity index is 2190.